The Bertz CT molecular complexity index is 941. The Kier molecular flexibility index (Phi) is 6.58. The molecule has 0 bridgehead atoms. The summed E-state index contributed by atoms with van der Waals surface area (Å²) in [6, 6.07) is 5.62. The van der Waals surface area contributed by atoms with E-state index in [-0.39, 0.29) is 29.9 Å². The summed E-state index contributed by atoms with van der Waals surface area (Å²) in [6.45, 7) is 11.9. The van der Waals surface area contributed by atoms with Gasteiger partial charge in [0, 0.05) is 29.3 Å². The zero-order chi connectivity index (χ0) is 22.9. The van der Waals surface area contributed by atoms with Crippen molar-refractivity contribution in [3.63, 3.8) is 0 Å². The summed E-state index contributed by atoms with van der Waals surface area (Å²) in [5.41, 5.74) is 2.75. The van der Waals surface area contributed by atoms with Gasteiger partial charge in [0.15, 0.2) is 17.3 Å². The summed E-state index contributed by atoms with van der Waals surface area (Å²) in [5.74, 6) is -0.231. The van der Waals surface area contributed by atoms with E-state index in [1.54, 1.807) is 14.0 Å². The van der Waals surface area contributed by atoms with Gasteiger partial charge in [-0.05, 0) is 57.2 Å². The summed E-state index contributed by atoms with van der Waals surface area (Å²) in [6.07, 6.45) is 1.12. The van der Waals surface area contributed by atoms with Crippen LogP contribution < -0.4 is 9.47 Å². The third-order valence-electron chi connectivity index (χ3n) is 5.75. The zero-order valence-electron chi connectivity index (χ0n) is 19.6. The first-order valence-electron chi connectivity index (χ1n) is 10.9. The second-order valence-electron chi connectivity index (χ2n) is 9.34. The molecule has 0 saturated heterocycles. The van der Waals surface area contributed by atoms with Crippen LogP contribution in [0.4, 0.5) is 0 Å². The van der Waals surface area contributed by atoms with Gasteiger partial charge in [0.25, 0.3) is 0 Å². The SMILES string of the molecule is CCOC(=O)C1C(C)=NC2=C(C(=O)CC(C)(C)C2)[C@@H]1c1ccc(OC(C)C)c(OC)c1. The number of esters is 1. The van der Waals surface area contributed by atoms with Crippen LogP contribution in [0.2, 0.25) is 0 Å². The molecule has 168 valence electrons. The van der Waals surface area contributed by atoms with Crippen LogP contribution in [-0.4, -0.2) is 37.3 Å². The lowest BCUT2D eigenvalue weighted by atomic mass is 9.67. The van der Waals surface area contributed by atoms with Gasteiger partial charge in [-0.15, -0.1) is 0 Å². The molecule has 3 rings (SSSR count). The first-order valence-corrected chi connectivity index (χ1v) is 10.9. The van der Waals surface area contributed by atoms with Crippen LogP contribution >= 0.6 is 0 Å². The first kappa shape index (κ1) is 23.0. The molecule has 0 saturated carbocycles. The molecular formula is C25H33NO5. The van der Waals surface area contributed by atoms with Gasteiger partial charge in [0.2, 0.25) is 0 Å². The second-order valence-corrected chi connectivity index (χ2v) is 9.34. The van der Waals surface area contributed by atoms with E-state index in [0.717, 1.165) is 11.3 Å². The van der Waals surface area contributed by atoms with Crippen LogP contribution in [0.25, 0.3) is 0 Å². The Balaban J connectivity index is 2.16. The van der Waals surface area contributed by atoms with Crippen molar-refractivity contribution in [3.8, 4) is 11.5 Å². The third-order valence-corrected chi connectivity index (χ3v) is 5.75. The van der Waals surface area contributed by atoms with Crippen molar-refractivity contribution < 1.29 is 23.8 Å². The minimum atomic E-state index is -0.648. The molecule has 0 aromatic heterocycles. The van der Waals surface area contributed by atoms with E-state index in [2.05, 4.69) is 13.8 Å². The largest absolute Gasteiger partial charge is 0.493 e. The number of aliphatic imine (C=N–C) groups is 1. The van der Waals surface area contributed by atoms with Crippen molar-refractivity contribution in [1.82, 2.24) is 0 Å². The third kappa shape index (κ3) is 4.68. The van der Waals surface area contributed by atoms with Crippen molar-refractivity contribution in [2.24, 2.45) is 16.3 Å². The van der Waals surface area contributed by atoms with E-state index >= 15 is 0 Å². The number of hydrogen-bond donors (Lipinski definition) is 0. The highest BCUT2D eigenvalue weighted by Gasteiger charge is 2.46. The molecule has 6 nitrogen and oxygen atoms in total. The predicted octanol–water partition coefficient (Wildman–Crippen LogP) is 4.86. The highest BCUT2D eigenvalue weighted by atomic mass is 16.5. The normalized spacial score (nSPS) is 22.7. The predicted molar refractivity (Wildman–Crippen MR) is 120 cm³/mol. The van der Waals surface area contributed by atoms with Crippen molar-refractivity contribution in [2.45, 2.75) is 66.4 Å². The molecule has 1 heterocycles. The number of methoxy groups -OCH3 is 1. The summed E-state index contributed by atoms with van der Waals surface area (Å²) < 4.78 is 16.8. The van der Waals surface area contributed by atoms with E-state index < -0.39 is 11.8 Å². The summed E-state index contributed by atoms with van der Waals surface area (Å²) in [5, 5.41) is 0. The fourth-order valence-electron chi connectivity index (χ4n) is 4.57. The smallest absolute Gasteiger partial charge is 0.315 e. The minimum Gasteiger partial charge on any atom is -0.493 e. The fraction of sp³-hybridized carbons (Fsp3) is 0.560. The van der Waals surface area contributed by atoms with Crippen molar-refractivity contribution in [3.05, 3.63) is 35.0 Å². The number of nitrogens with zero attached hydrogens (tertiary/aromatic N) is 1. The fourth-order valence-corrected chi connectivity index (χ4v) is 4.57. The van der Waals surface area contributed by atoms with Gasteiger partial charge in [-0.1, -0.05) is 19.9 Å². The van der Waals surface area contributed by atoms with Crippen LogP contribution in [0.1, 0.15) is 65.9 Å². The standard InChI is InChI=1S/C25H33NO5/c1-8-30-24(28)21-15(4)26-17-12-25(5,6)13-18(27)23(17)22(21)16-9-10-19(31-14(2)3)20(11-16)29-7/h9-11,14,21-22H,8,12-13H2,1-7H3/t21?,22-/m1/s1. The number of hydrogen-bond acceptors (Lipinski definition) is 6. The van der Waals surface area contributed by atoms with Gasteiger partial charge < -0.3 is 14.2 Å². The molecular weight excluding hydrogens is 394 g/mol. The van der Waals surface area contributed by atoms with E-state index in [9.17, 15) is 9.59 Å². The molecule has 0 amide bonds. The number of ketones is 1. The second kappa shape index (κ2) is 8.85. The van der Waals surface area contributed by atoms with Gasteiger partial charge in [-0.25, -0.2) is 0 Å². The van der Waals surface area contributed by atoms with Crippen molar-refractivity contribution >= 4 is 17.5 Å². The Labute approximate surface area is 184 Å². The molecule has 1 aliphatic carbocycles. The summed E-state index contributed by atoms with van der Waals surface area (Å²) in [7, 11) is 1.59. The van der Waals surface area contributed by atoms with Crippen LogP contribution in [0.15, 0.2) is 34.5 Å². The monoisotopic (exact) mass is 427 g/mol. The number of rotatable bonds is 6. The molecule has 2 aliphatic rings. The molecule has 1 aliphatic heterocycles. The number of allylic oxidation sites excluding steroid dienone is 2. The van der Waals surface area contributed by atoms with Gasteiger partial charge in [-0.3, -0.25) is 14.6 Å². The Morgan fingerprint density at radius 2 is 1.94 bits per heavy atom. The highest BCUT2D eigenvalue weighted by molar-refractivity contribution is 6.09. The first-order chi connectivity index (χ1) is 14.6. The molecule has 1 aromatic carbocycles. The molecule has 2 atom stereocenters. The highest BCUT2D eigenvalue weighted by Crippen LogP contribution is 2.48. The van der Waals surface area contributed by atoms with Gasteiger partial charge in [-0.2, -0.15) is 0 Å². The maximum atomic E-state index is 13.3. The van der Waals surface area contributed by atoms with Gasteiger partial charge in [0.05, 0.1) is 19.8 Å². The van der Waals surface area contributed by atoms with Gasteiger partial charge in [0.1, 0.15) is 5.92 Å². The molecule has 6 heteroatoms. The molecule has 31 heavy (non-hydrogen) atoms. The molecule has 0 N–H and O–H groups in total. The van der Waals surface area contributed by atoms with E-state index in [1.165, 1.54) is 0 Å². The number of benzene rings is 1. The Morgan fingerprint density at radius 1 is 1.23 bits per heavy atom. The summed E-state index contributed by atoms with van der Waals surface area (Å²) >= 11 is 0. The van der Waals surface area contributed by atoms with Crippen molar-refractivity contribution in [1.29, 1.82) is 0 Å². The minimum absolute atomic E-state index is 0.00689. The Morgan fingerprint density at radius 3 is 2.55 bits per heavy atom. The molecule has 1 unspecified atom stereocenters. The van der Waals surface area contributed by atoms with Crippen LogP contribution in [0.5, 0.6) is 11.5 Å². The lowest BCUT2D eigenvalue weighted by Crippen LogP contribution is -2.39. The lowest BCUT2D eigenvalue weighted by molar-refractivity contribution is -0.146. The molecule has 1 aromatic rings. The lowest BCUT2D eigenvalue weighted by Gasteiger charge is -2.39. The molecule has 0 spiro atoms. The van der Waals surface area contributed by atoms with Crippen LogP contribution in [0.3, 0.4) is 0 Å². The van der Waals surface area contributed by atoms with Crippen LogP contribution in [0, 0.1) is 11.3 Å². The average Bonchev–Trinajstić information content (AvgIpc) is 2.65. The maximum absolute atomic E-state index is 13.3. The van der Waals surface area contributed by atoms with E-state index in [1.807, 2.05) is 39.0 Å². The topological polar surface area (TPSA) is 74.2 Å². The molecule has 0 radical (unpaired) electrons. The maximum Gasteiger partial charge on any atom is 0.315 e. The van der Waals surface area contributed by atoms with Gasteiger partial charge >= 0.3 is 5.97 Å². The summed E-state index contributed by atoms with van der Waals surface area (Å²) in [4.78, 5) is 31.0. The number of carbonyl (C=O) groups is 2. The number of Topliss-reactive ketones (excluding diaryl/α,β-unsaturated/α-hetero) is 1. The average molecular weight is 428 g/mol. The zero-order valence-corrected chi connectivity index (χ0v) is 19.6. The number of ether oxygens (including phenoxy) is 3. The number of carbonyl (C=O) groups excluding carboxylic acids is 2. The Hall–Kier alpha value is -2.63. The molecule has 0 fully saturated rings. The van der Waals surface area contributed by atoms with E-state index in [0.29, 0.717) is 35.6 Å². The van der Waals surface area contributed by atoms with E-state index in [4.69, 9.17) is 19.2 Å². The van der Waals surface area contributed by atoms with Crippen molar-refractivity contribution in [2.75, 3.05) is 13.7 Å². The van der Waals surface area contributed by atoms with Crippen LogP contribution in [-0.2, 0) is 14.3 Å². The quantitative estimate of drug-likeness (QED) is 0.606.